The van der Waals surface area contributed by atoms with Gasteiger partial charge in [-0.15, -0.1) is 0 Å². The minimum absolute atomic E-state index is 0.615. The van der Waals surface area contributed by atoms with Crippen LogP contribution in [-0.4, -0.2) is 16.2 Å². The van der Waals surface area contributed by atoms with Gasteiger partial charge in [-0.2, -0.15) is 0 Å². The Labute approximate surface area is 144 Å². The zero-order chi connectivity index (χ0) is 15.0. The largest absolute Gasteiger partial charge is 0.492 e. The zero-order valence-corrected chi connectivity index (χ0v) is 15.2. The van der Waals surface area contributed by atoms with Gasteiger partial charge < -0.3 is 9.72 Å². The highest BCUT2D eigenvalue weighted by atomic mass is 79.9. The smallest absolute Gasteiger partial charge is 0.182 e. The summed E-state index contributed by atoms with van der Waals surface area (Å²) in [6, 6.07) is 11.9. The SMILES string of the molecule is CCOc1cccc2c1[nH]c(=S)n2-c1c(Br)cccc1Br. The van der Waals surface area contributed by atoms with E-state index in [1.165, 1.54) is 0 Å². The first-order valence-electron chi connectivity index (χ1n) is 6.44. The van der Waals surface area contributed by atoms with Gasteiger partial charge in [-0.05, 0) is 75.3 Å². The first kappa shape index (κ1) is 14.8. The van der Waals surface area contributed by atoms with Gasteiger partial charge in [0, 0.05) is 8.95 Å². The highest BCUT2D eigenvalue weighted by Crippen LogP contribution is 2.34. The number of nitrogens with one attached hydrogen (secondary N) is 1. The fourth-order valence-electron chi connectivity index (χ4n) is 2.30. The summed E-state index contributed by atoms with van der Waals surface area (Å²) in [4.78, 5) is 3.24. The maximum absolute atomic E-state index is 5.67. The summed E-state index contributed by atoms with van der Waals surface area (Å²) in [5, 5.41) is 0. The molecule has 3 rings (SSSR count). The molecule has 3 aromatic rings. The molecule has 108 valence electrons. The molecule has 0 atom stereocenters. The van der Waals surface area contributed by atoms with E-state index in [2.05, 4.69) is 36.8 Å². The Bertz CT molecular complexity index is 849. The number of H-pyrrole nitrogens is 1. The van der Waals surface area contributed by atoms with Crippen molar-refractivity contribution in [2.24, 2.45) is 0 Å². The van der Waals surface area contributed by atoms with Crippen LogP contribution in [0.3, 0.4) is 0 Å². The number of ether oxygens (including phenoxy) is 1. The Balaban J connectivity index is 2.37. The van der Waals surface area contributed by atoms with Crippen molar-refractivity contribution in [3.8, 4) is 11.4 Å². The second-order valence-corrected chi connectivity index (χ2v) is 6.51. The highest BCUT2D eigenvalue weighted by Gasteiger charge is 2.14. The van der Waals surface area contributed by atoms with Crippen LogP contribution in [0.5, 0.6) is 5.75 Å². The minimum atomic E-state index is 0.615. The van der Waals surface area contributed by atoms with Crippen LogP contribution in [0.4, 0.5) is 0 Å². The zero-order valence-electron chi connectivity index (χ0n) is 11.2. The summed E-state index contributed by atoms with van der Waals surface area (Å²) in [5.74, 6) is 0.808. The second-order valence-electron chi connectivity index (χ2n) is 4.42. The molecule has 0 radical (unpaired) electrons. The first-order valence-corrected chi connectivity index (χ1v) is 8.44. The monoisotopic (exact) mass is 426 g/mol. The van der Waals surface area contributed by atoms with E-state index in [0.29, 0.717) is 11.4 Å². The van der Waals surface area contributed by atoms with Gasteiger partial charge in [-0.3, -0.25) is 4.57 Å². The van der Waals surface area contributed by atoms with Gasteiger partial charge >= 0.3 is 0 Å². The predicted octanol–water partition coefficient (Wildman–Crippen LogP) is 5.61. The quantitative estimate of drug-likeness (QED) is 0.550. The van der Waals surface area contributed by atoms with Crippen LogP contribution < -0.4 is 4.74 Å². The molecule has 1 heterocycles. The van der Waals surface area contributed by atoms with Gasteiger partial charge in [0.15, 0.2) is 4.77 Å². The third-order valence-corrected chi connectivity index (χ3v) is 4.71. The number of aromatic amines is 1. The molecule has 0 fully saturated rings. The standard InChI is InChI=1S/C15H12Br2N2OS/c1-2-20-12-8-4-7-11-13(12)18-15(21)19(11)14-9(16)5-3-6-10(14)17/h3-8H,2H2,1H3,(H,18,21). The van der Waals surface area contributed by atoms with Gasteiger partial charge in [0.05, 0.1) is 17.8 Å². The fraction of sp³-hybridized carbons (Fsp3) is 0.133. The summed E-state index contributed by atoms with van der Waals surface area (Å²) in [7, 11) is 0. The van der Waals surface area contributed by atoms with E-state index in [9.17, 15) is 0 Å². The molecule has 21 heavy (non-hydrogen) atoms. The number of aromatic nitrogens is 2. The van der Waals surface area contributed by atoms with Crippen LogP contribution in [0.2, 0.25) is 0 Å². The normalized spacial score (nSPS) is 11.0. The van der Waals surface area contributed by atoms with E-state index in [4.69, 9.17) is 17.0 Å². The summed E-state index contributed by atoms with van der Waals surface area (Å²) in [6.07, 6.45) is 0. The summed E-state index contributed by atoms with van der Waals surface area (Å²) >= 11 is 12.7. The Hall–Kier alpha value is -1.11. The number of hydrogen-bond acceptors (Lipinski definition) is 2. The van der Waals surface area contributed by atoms with Gasteiger partial charge in [0.1, 0.15) is 11.3 Å². The molecule has 0 unspecified atom stereocenters. The average Bonchev–Trinajstić information content (AvgIpc) is 2.77. The minimum Gasteiger partial charge on any atom is -0.492 e. The van der Waals surface area contributed by atoms with E-state index in [1.807, 2.05) is 47.9 Å². The third-order valence-electron chi connectivity index (χ3n) is 3.14. The van der Waals surface area contributed by atoms with Gasteiger partial charge in [0.25, 0.3) is 0 Å². The van der Waals surface area contributed by atoms with Crippen LogP contribution in [0.1, 0.15) is 6.92 Å². The Morgan fingerprint density at radius 1 is 1.14 bits per heavy atom. The molecule has 1 N–H and O–H groups in total. The number of fused-ring (bicyclic) bond motifs is 1. The third kappa shape index (κ3) is 2.56. The van der Waals surface area contributed by atoms with E-state index in [0.717, 1.165) is 31.4 Å². The summed E-state index contributed by atoms with van der Waals surface area (Å²) < 4.78 is 10.2. The van der Waals surface area contributed by atoms with Crippen molar-refractivity contribution in [3.05, 3.63) is 50.1 Å². The number of imidazole rings is 1. The van der Waals surface area contributed by atoms with E-state index >= 15 is 0 Å². The van der Waals surface area contributed by atoms with Crippen LogP contribution in [0.15, 0.2) is 45.3 Å². The van der Waals surface area contributed by atoms with Gasteiger partial charge in [-0.1, -0.05) is 12.1 Å². The molecule has 0 bridgehead atoms. The molecular formula is C15H12Br2N2OS. The molecule has 2 aromatic carbocycles. The van der Waals surface area contributed by atoms with Crippen molar-refractivity contribution in [3.63, 3.8) is 0 Å². The van der Waals surface area contributed by atoms with E-state index in [-0.39, 0.29) is 0 Å². The second kappa shape index (κ2) is 5.94. The summed E-state index contributed by atoms with van der Waals surface area (Å²) in [5.41, 5.74) is 2.87. The molecule has 6 heteroatoms. The van der Waals surface area contributed by atoms with Crippen molar-refractivity contribution < 1.29 is 4.74 Å². The molecule has 0 aliphatic rings. The van der Waals surface area contributed by atoms with Gasteiger partial charge in [0.2, 0.25) is 0 Å². The lowest BCUT2D eigenvalue weighted by Crippen LogP contribution is -1.97. The van der Waals surface area contributed by atoms with E-state index in [1.54, 1.807) is 0 Å². The van der Waals surface area contributed by atoms with Crippen LogP contribution in [-0.2, 0) is 0 Å². The maximum atomic E-state index is 5.67. The number of hydrogen-bond donors (Lipinski definition) is 1. The maximum Gasteiger partial charge on any atom is 0.182 e. The molecule has 0 aliphatic carbocycles. The summed E-state index contributed by atoms with van der Waals surface area (Å²) in [6.45, 7) is 2.58. The lowest BCUT2D eigenvalue weighted by Gasteiger charge is -2.10. The number of para-hydroxylation sites is 2. The number of nitrogens with zero attached hydrogens (tertiary/aromatic N) is 1. The first-order chi connectivity index (χ1) is 10.1. The van der Waals surface area contributed by atoms with Crippen molar-refractivity contribution in [1.29, 1.82) is 0 Å². The highest BCUT2D eigenvalue weighted by molar-refractivity contribution is 9.11. The Morgan fingerprint density at radius 3 is 2.48 bits per heavy atom. The van der Waals surface area contributed by atoms with Crippen LogP contribution in [0, 0.1) is 4.77 Å². The lowest BCUT2D eigenvalue weighted by molar-refractivity contribution is 0.343. The molecular weight excluding hydrogens is 416 g/mol. The van der Waals surface area contributed by atoms with E-state index < -0.39 is 0 Å². The fourth-order valence-corrected chi connectivity index (χ4v) is 3.95. The Kier molecular flexibility index (Phi) is 4.19. The molecule has 0 spiro atoms. The van der Waals surface area contributed by atoms with Crippen molar-refractivity contribution in [1.82, 2.24) is 9.55 Å². The number of rotatable bonds is 3. The molecule has 0 saturated heterocycles. The van der Waals surface area contributed by atoms with Crippen molar-refractivity contribution in [2.75, 3.05) is 6.61 Å². The molecule has 0 amide bonds. The molecule has 0 saturated carbocycles. The van der Waals surface area contributed by atoms with Crippen molar-refractivity contribution >= 4 is 55.1 Å². The number of halogens is 2. The predicted molar refractivity (Wildman–Crippen MR) is 95.0 cm³/mol. The van der Waals surface area contributed by atoms with Crippen LogP contribution in [0.25, 0.3) is 16.7 Å². The lowest BCUT2D eigenvalue weighted by atomic mass is 10.2. The topological polar surface area (TPSA) is 29.9 Å². The van der Waals surface area contributed by atoms with Crippen LogP contribution >= 0.6 is 44.1 Å². The molecule has 1 aromatic heterocycles. The molecule has 0 aliphatic heterocycles. The Morgan fingerprint density at radius 2 is 1.81 bits per heavy atom. The number of benzene rings is 2. The molecule has 3 nitrogen and oxygen atoms in total. The average molecular weight is 428 g/mol. The van der Waals surface area contributed by atoms with Gasteiger partial charge in [-0.25, -0.2) is 0 Å². The van der Waals surface area contributed by atoms with Crippen molar-refractivity contribution in [2.45, 2.75) is 6.92 Å².